The zero-order valence-corrected chi connectivity index (χ0v) is 17.0. The van der Waals surface area contributed by atoms with E-state index in [0.29, 0.717) is 44.9 Å². The smallest absolute Gasteiger partial charge is 0.208 e. The van der Waals surface area contributed by atoms with Gasteiger partial charge < -0.3 is 19.7 Å². The lowest BCUT2D eigenvalue weighted by atomic mass is 9.98. The number of aliphatic hydroxyl groups is 1. The molecule has 0 spiro atoms. The SMILES string of the molecule is Cn1c(Nc2c(Cl)cncc2Cl)nc2cc(C(=O)CO)c3c(c21)CC(C)(C)O3. The van der Waals surface area contributed by atoms with Crippen LogP contribution in [0.2, 0.25) is 10.0 Å². The molecular formula is C19H18Cl2N4O3. The normalized spacial score (nSPS) is 14.8. The molecule has 1 aromatic carbocycles. The Labute approximate surface area is 171 Å². The lowest BCUT2D eigenvalue weighted by Crippen LogP contribution is -2.25. The Hall–Kier alpha value is -2.35. The predicted molar refractivity (Wildman–Crippen MR) is 108 cm³/mol. The highest BCUT2D eigenvalue weighted by Gasteiger charge is 2.36. The Morgan fingerprint density at radius 3 is 2.68 bits per heavy atom. The number of fused-ring (bicyclic) bond motifs is 3. The molecular weight excluding hydrogens is 403 g/mol. The van der Waals surface area contributed by atoms with E-state index in [1.54, 1.807) is 6.07 Å². The van der Waals surface area contributed by atoms with Crippen molar-refractivity contribution in [2.45, 2.75) is 25.9 Å². The number of pyridine rings is 1. The second-order valence-electron chi connectivity index (χ2n) is 7.32. The summed E-state index contributed by atoms with van der Waals surface area (Å²) in [5.41, 5.74) is 2.71. The maximum Gasteiger partial charge on any atom is 0.208 e. The van der Waals surface area contributed by atoms with Crippen molar-refractivity contribution in [2.24, 2.45) is 7.05 Å². The van der Waals surface area contributed by atoms with E-state index in [4.69, 9.17) is 27.9 Å². The summed E-state index contributed by atoms with van der Waals surface area (Å²) < 4.78 is 7.91. The number of ether oxygens (including phenoxy) is 1. The van der Waals surface area contributed by atoms with Gasteiger partial charge in [0.2, 0.25) is 5.95 Å². The van der Waals surface area contributed by atoms with E-state index in [1.807, 2.05) is 25.5 Å². The minimum Gasteiger partial charge on any atom is -0.486 e. The van der Waals surface area contributed by atoms with Crippen molar-refractivity contribution in [1.82, 2.24) is 14.5 Å². The molecule has 146 valence electrons. The van der Waals surface area contributed by atoms with E-state index in [1.165, 1.54) is 12.4 Å². The molecule has 2 N–H and O–H groups in total. The summed E-state index contributed by atoms with van der Waals surface area (Å²) in [7, 11) is 1.86. The van der Waals surface area contributed by atoms with Gasteiger partial charge >= 0.3 is 0 Å². The van der Waals surface area contributed by atoms with Crippen LogP contribution < -0.4 is 10.1 Å². The second kappa shape index (κ2) is 6.62. The fourth-order valence-corrected chi connectivity index (χ4v) is 3.97. The minimum absolute atomic E-state index is 0.334. The van der Waals surface area contributed by atoms with Crippen LogP contribution in [0.3, 0.4) is 0 Å². The molecule has 0 atom stereocenters. The fraction of sp³-hybridized carbons (Fsp3) is 0.316. The number of hydrogen-bond acceptors (Lipinski definition) is 6. The molecule has 2 aromatic heterocycles. The molecule has 4 rings (SSSR count). The summed E-state index contributed by atoms with van der Waals surface area (Å²) in [4.78, 5) is 20.8. The van der Waals surface area contributed by atoms with Gasteiger partial charge in [-0.3, -0.25) is 9.78 Å². The van der Waals surface area contributed by atoms with Gasteiger partial charge in [-0.1, -0.05) is 23.2 Å². The van der Waals surface area contributed by atoms with Crippen LogP contribution in [0, 0.1) is 0 Å². The van der Waals surface area contributed by atoms with Crippen LogP contribution in [0.5, 0.6) is 5.75 Å². The van der Waals surface area contributed by atoms with Crippen molar-refractivity contribution in [3.8, 4) is 5.75 Å². The molecule has 9 heteroatoms. The van der Waals surface area contributed by atoms with Gasteiger partial charge in [0.05, 0.1) is 32.3 Å². The number of benzene rings is 1. The van der Waals surface area contributed by atoms with Crippen molar-refractivity contribution in [3.63, 3.8) is 0 Å². The fourth-order valence-electron chi connectivity index (χ4n) is 3.52. The molecule has 7 nitrogen and oxygen atoms in total. The summed E-state index contributed by atoms with van der Waals surface area (Å²) in [5, 5.41) is 13.2. The Morgan fingerprint density at radius 1 is 1.36 bits per heavy atom. The van der Waals surface area contributed by atoms with Gasteiger partial charge in [-0.25, -0.2) is 4.98 Å². The first-order valence-corrected chi connectivity index (χ1v) is 9.39. The summed E-state index contributed by atoms with van der Waals surface area (Å²) in [5.74, 6) is 0.604. The van der Waals surface area contributed by atoms with Crippen LogP contribution in [-0.2, 0) is 13.5 Å². The Kier molecular flexibility index (Phi) is 4.49. The number of anilines is 2. The molecule has 0 radical (unpaired) electrons. The van der Waals surface area contributed by atoms with Gasteiger partial charge in [-0.2, -0.15) is 0 Å². The summed E-state index contributed by atoms with van der Waals surface area (Å²) in [6.45, 7) is 3.32. The van der Waals surface area contributed by atoms with E-state index in [-0.39, 0.29) is 0 Å². The third-order valence-electron chi connectivity index (χ3n) is 4.72. The summed E-state index contributed by atoms with van der Waals surface area (Å²) >= 11 is 12.4. The lowest BCUT2D eigenvalue weighted by molar-refractivity contribution is 0.0890. The minimum atomic E-state index is -0.595. The number of nitrogens with one attached hydrogen (secondary N) is 1. The zero-order chi connectivity index (χ0) is 20.2. The quantitative estimate of drug-likeness (QED) is 0.621. The number of carbonyl (C=O) groups excluding carboxylic acids is 1. The molecule has 1 aliphatic rings. The number of rotatable bonds is 4. The number of nitrogens with zero attached hydrogens (tertiary/aromatic N) is 3. The van der Waals surface area contributed by atoms with Gasteiger partial charge in [0.25, 0.3) is 0 Å². The van der Waals surface area contributed by atoms with Crippen molar-refractivity contribution in [1.29, 1.82) is 0 Å². The number of carbonyl (C=O) groups is 1. The molecule has 0 bridgehead atoms. The Bertz CT molecular complexity index is 1100. The molecule has 0 fully saturated rings. The van der Waals surface area contributed by atoms with Crippen LogP contribution in [0.25, 0.3) is 11.0 Å². The van der Waals surface area contributed by atoms with Crippen molar-refractivity contribution in [3.05, 3.63) is 39.6 Å². The Morgan fingerprint density at radius 2 is 2.04 bits per heavy atom. The van der Waals surface area contributed by atoms with Gasteiger partial charge in [-0.15, -0.1) is 0 Å². The number of aliphatic hydroxyl groups excluding tert-OH is 1. The number of aromatic nitrogens is 3. The van der Waals surface area contributed by atoms with Crippen LogP contribution in [0.4, 0.5) is 11.6 Å². The third kappa shape index (κ3) is 2.99. The summed E-state index contributed by atoms with van der Waals surface area (Å²) in [6, 6.07) is 1.65. The summed E-state index contributed by atoms with van der Waals surface area (Å²) in [6.07, 6.45) is 3.59. The molecule has 0 unspecified atom stereocenters. The van der Waals surface area contributed by atoms with Crippen LogP contribution in [-0.4, -0.2) is 37.6 Å². The molecule has 3 aromatic rings. The third-order valence-corrected chi connectivity index (χ3v) is 5.30. The second-order valence-corrected chi connectivity index (χ2v) is 8.13. The van der Waals surface area contributed by atoms with Gasteiger partial charge in [-0.05, 0) is 19.9 Å². The number of halogens is 2. The number of hydrogen-bond donors (Lipinski definition) is 2. The molecule has 0 saturated carbocycles. The Balaban J connectivity index is 1.91. The molecule has 28 heavy (non-hydrogen) atoms. The average molecular weight is 421 g/mol. The number of Topliss-reactive ketones (excluding diaryl/α,β-unsaturated/α-hetero) is 1. The molecule has 1 aliphatic heterocycles. The van der Waals surface area contributed by atoms with E-state index >= 15 is 0 Å². The zero-order valence-electron chi connectivity index (χ0n) is 15.5. The molecule has 3 heterocycles. The number of imidazole rings is 1. The lowest BCUT2D eigenvalue weighted by Gasteiger charge is -2.17. The van der Waals surface area contributed by atoms with E-state index in [0.717, 1.165) is 11.1 Å². The maximum absolute atomic E-state index is 12.3. The van der Waals surface area contributed by atoms with E-state index in [9.17, 15) is 9.90 Å². The molecule has 0 saturated heterocycles. The van der Waals surface area contributed by atoms with Gasteiger partial charge in [0, 0.05) is 31.4 Å². The van der Waals surface area contributed by atoms with E-state index < -0.39 is 18.0 Å². The molecule has 0 amide bonds. The number of ketones is 1. The predicted octanol–water partition coefficient (Wildman–Crippen LogP) is 3.91. The highest BCUT2D eigenvalue weighted by Crippen LogP contribution is 2.43. The first-order valence-electron chi connectivity index (χ1n) is 8.63. The molecule has 0 aliphatic carbocycles. The topological polar surface area (TPSA) is 89.3 Å². The van der Waals surface area contributed by atoms with Crippen molar-refractivity contribution < 1.29 is 14.6 Å². The monoisotopic (exact) mass is 420 g/mol. The average Bonchev–Trinajstić information content (AvgIpc) is 3.12. The first kappa shape index (κ1) is 19.0. The number of aryl methyl sites for hydroxylation is 1. The van der Waals surface area contributed by atoms with Crippen molar-refractivity contribution in [2.75, 3.05) is 11.9 Å². The largest absolute Gasteiger partial charge is 0.486 e. The maximum atomic E-state index is 12.3. The highest BCUT2D eigenvalue weighted by molar-refractivity contribution is 6.39. The van der Waals surface area contributed by atoms with Gasteiger partial charge in [0.15, 0.2) is 5.78 Å². The highest BCUT2D eigenvalue weighted by atomic mass is 35.5. The van der Waals surface area contributed by atoms with Gasteiger partial charge in [0.1, 0.15) is 18.0 Å². The van der Waals surface area contributed by atoms with Crippen LogP contribution in [0.1, 0.15) is 29.8 Å². The first-order chi connectivity index (χ1) is 13.2. The standard InChI is InChI=1S/C19H18Cl2N4O3/c1-19(2)5-10-16-13(4-9(14(27)8-26)17(10)28-19)23-18(25(16)3)24-15-11(20)6-22-7-12(15)21/h4,6-7,26H,5,8H2,1-3H3,(H,22,23,24). The van der Waals surface area contributed by atoms with E-state index in [2.05, 4.69) is 15.3 Å². The van der Waals surface area contributed by atoms with Crippen LogP contribution >= 0.6 is 23.2 Å². The van der Waals surface area contributed by atoms with Crippen LogP contribution in [0.15, 0.2) is 18.5 Å². The van der Waals surface area contributed by atoms with Crippen molar-refractivity contribution >= 4 is 51.7 Å².